The van der Waals surface area contributed by atoms with Crippen LogP contribution in [0.15, 0.2) is 58.6 Å². The summed E-state index contributed by atoms with van der Waals surface area (Å²) in [5, 5.41) is 2.93. The zero-order valence-electron chi connectivity index (χ0n) is 13.2. The molecule has 0 aliphatic rings. The molecule has 1 aromatic heterocycles. The van der Waals surface area contributed by atoms with Gasteiger partial charge in [-0.1, -0.05) is 6.07 Å². The summed E-state index contributed by atoms with van der Waals surface area (Å²) in [6.07, 6.45) is -4.76. The van der Waals surface area contributed by atoms with E-state index in [4.69, 9.17) is 11.6 Å². The Balaban J connectivity index is 1.74. The van der Waals surface area contributed by atoms with Crippen LogP contribution in [0.3, 0.4) is 0 Å². The summed E-state index contributed by atoms with van der Waals surface area (Å²) < 4.78 is 53.6. The van der Waals surface area contributed by atoms with Crippen LogP contribution in [0.2, 0.25) is 5.28 Å². The van der Waals surface area contributed by atoms with E-state index in [1.807, 2.05) is 0 Å². The quantitative estimate of drug-likeness (QED) is 0.557. The van der Waals surface area contributed by atoms with E-state index < -0.39 is 12.2 Å². The second kappa shape index (κ2) is 7.97. The first-order chi connectivity index (χ1) is 12.8. The van der Waals surface area contributed by atoms with Crippen molar-refractivity contribution < 1.29 is 22.3 Å². The molecule has 1 heterocycles. The average molecular weight is 417 g/mol. The lowest BCUT2D eigenvalue weighted by Crippen LogP contribution is -2.17. The summed E-state index contributed by atoms with van der Waals surface area (Å²) in [4.78, 5) is 12.6. The Morgan fingerprint density at radius 3 is 2.41 bits per heavy atom. The predicted octanol–water partition coefficient (Wildman–Crippen LogP) is 5.46. The lowest BCUT2D eigenvalue weighted by atomic mass is 10.3. The van der Waals surface area contributed by atoms with E-state index in [2.05, 4.69) is 25.0 Å². The normalized spacial score (nSPS) is 11.3. The molecule has 11 heteroatoms. The van der Waals surface area contributed by atoms with Gasteiger partial charge in [0.05, 0.1) is 0 Å². The number of rotatable bonds is 5. The highest BCUT2D eigenvalue weighted by Crippen LogP contribution is 2.28. The molecule has 0 aliphatic carbocycles. The SMILES string of the molecule is Fc1cccc(Sc2nc(Cl)nc(Nc3ccc(OC(F)(F)F)cc3)n2)c1. The Labute approximate surface area is 159 Å². The van der Waals surface area contributed by atoms with Gasteiger partial charge in [0.15, 0.2) is 5.16 Å². The van der Waals surface area contributed by atoms with Gasteiger partial charge >= 0.3 is 6.36 Å². The average Bonchev–Trinajstić information content (AvgIpc) is 2.55. The van der Waals surface area contributed by atoms with E-state index in [9.17, 15) is 17.6 Å². The maximum atomic E-state index is 13.3. The van der Waals surface area contributed by atoms with Gasteiger partial charge in [0.2, 0.25) is 11.2 Å². The van der Waals surface area contributed by atoms with Gasteiger partial charge in [-0.3, -0.25) is 0 Å². The summed E-state index contributed by atoms with van der Waals surface area (Å²) in [6.45, 7) is 0. The summed E-state index contributed by atoms with van der Waals surface area (Å²) >= 11 is 6.95. The Bertz CT molecular complexity index is 940. The zero-order chi connectivity index (χ0) is 19.4. The number of ether oxygens (including phenoxy) is 1. The van der Waals surface area contributed by atoms with Crippen molar-refractivity contribution in [2.45, 2.75) is 16.4 Å². The van der Waals surface area contributed by atoms with E-state index in [1.165, 1.54) is 24.3 Å². The third kappa shape index (κ3) is 5.97. The molecule has 0 saturated heterocycles. The highest BCUT2D eigenvalue weighted by atomic mass is 35.5. The minimum atomic E-state index is -4.76. The highest BCUT2D eigenvalue weighted by Gasteiger charge is 2.30. The number of aromatic nitrogens is 3. The van der Waals surface area contributed by atoms with Gasteiger partial charge in [-0.25, -0.2) is 4.39 Å². The van der Waals surface area contributed by atoms with E-state index in [1.54, 1.807) is 12.1 Å². The van der Waals surface area contributed by atoms with E-state index in [0.29, 0.717) is 10.6 Å². The molecule has 140 valence electrons. The molecule has 0 atom stereocenters. The van der Waals surface area contributed by atoms with Crippen LogP contribution in [0.4, 0.5) is 29.2 Å². The third-order valence-corrected chi connectivity index (χ3v) is 3.96. The fraction of sp³-hybridized carbons (Fsp3) is 0.0625. The zero-order valence-corrected chi connectivity index (χ0v) is 14.7. The van der Waals surface area contributed by atoms with Crippen LogP contribution < -0.4 is 10.1 Å². The molecule has 0 saturated carbocycles. The number of alkyl halides is 3. The van der Waals surface area contributed by atoms with Crippen LogP contribution in [0.5, 0.6) is 5.75 Å². The van der Waals surface area contributed by atoms with Gasteiger partial charge < -0.3 is 10.1 Å². The summed E-state index contributed by atoms with van der Waals surface area (Å²) in [5.74, 6) is -0.679. The van der Waals surface area contributed by atoms with Gasteiger partial charge in [-0.05, 0) is 65.8 Å². The molecule has 0 radical (unpaired) electrons. The predicted molar refractivity (Wildman–Crippen MR) is 91.8 cm³/mol. The highest BCUT2D eigenvalue weighted by molar-refractivity contribution is 7.99. The van der Waals surface area contributed by atoms with Crippen LogP contribution in [0.25, 0.3) is 0 Å². The molecule has 0 fully saturated rings. The summed E-state index contributed by atoms with van der Waals surface area (Å²) in [5.41, 5.74) is 0.411. The molecule has 2 aromatic carbocycles. The molecular weight excluding hydrogens is 408 g/mol. The number of nitrogens with zero attached hydrogens (tertiary/aromatic N) is 3. The van der Waals surface area contributed by atoms with E-state index in [0.717, 1.165) is 23.9 Å². The van der Waals surface area contributed by atoms with Crippen molar-refractivity contribution in [2.75, 3.05) is 5.32 Å². The van der Waals surface area contributed by atoms with Crippen LogP contribution >= 0.6 is 23.4 Å². The maximum Gasteiger partial charge on any atom is 0.573 e. The lowest BCUT2D eigenvalue weighted by molar-refractivity contribution is -0.274. The van der Waals surface area contributed by atoms with Crippen molar-refractivity contribution in [1.29, 1.82) is 0 Å². The minimum absolute atomic E-state index is 0.0818. The third-order valence-electron chi connectivity index (χ3n) is 2.94. The molecule has 3 rings (SSSR count). The van der Waals surface area contributed by atoms with Crippen LogP contribution in [-0.4, -0.2) is 21.3 Å². The van der Waals surface area contributed by atoms with Crippen LogP contribution in [0.1, 0.15) is 0 Å². The topological polar surface area (TPSA) is 59.9 Å². The first kappa shape index (κ1) is 19.2. The van der Waals surface area contributed by atoms with Crippen LogP contribution in [0, 0.1) is 5.82 Å². The lowest BCUT2D eigenvalue weighted by Gasteiger charge is -2.10. The van der Waals surface area contributed by atoms with E-state index in [-0.39, 0.29) is 22.1 Å². The van der Waals surface area contributed by atoms with Gasteiger partial charge in [0, 0.05) is 10.6 Å². The number of benzene rings is 2. The van der Waals surface area contributed by atoms with Crippen molar-refractivity contribution in [3.8, 4) is 5.75 Å². The fourth-order valence-electron chi connectivity index (χ4n) is 1.94. The molecular formula is C16H9ClF4N4OS. The molecule has 0 bridgehead atoms. The Kier molecular flexibility index (Phi) is 5.66. The molecule has 0 spiro atoms. The monoisotopic (exact) mass is 416 g/mol. The Hall–Kier alpha value is -2.59. The first-order valence-corrected chi connectivity index (χ1v) is 8.44. The number of anilines is 2. The van der Waals surface area contributed by atoms with Crippen LogP contribution in [-0.2, 0) is 0 Å². The Morgan fingerprint density at radius 1 is 1.00 bits per heavy atom. The van der Waals surface area contributed by atoms with Crippen molar-refractivity contribution in [2.24, 2.45) is 0 Å². The van der Waals surface area contributed by atoms with Gasteiger partial charge in [0.25, 0.3) is 0 Å². The van der Waals surface area contributed by atoms with Gasteiger partial charge in [-0.2, -0.15) is 15.0 Å². The van der Waals surface area contributed by atoms with Crippen molar-refractivity contribution in [3.05, 3.63) is 59.6 Å². The standard InChI is InChI=1S/C16H9ClF4N4OS/c17-13-23-14(22-10-4-6-11(7-5-10)26-16(19,20)21)25-15(24-13)27-12-3-1-2-9(18)8-12/h1-8H,(H,22,23,24,25). The molecule has 27 heavy (non-hydrogen) atoms. The number of halogens is 5. The number of nitrogens with one attached hydrogen (secondary N) is 1. The van der Waals surface area contributed by atoms with Crippen molar-refractivity contribution >= 4 is 35.0 Å². The second-order valence-corrected chi connectivity index (χ2v) is 6.35. The van der Waals surface area contributed by atoms with Crippen molar-refractivity contribution in [3.63, 3.8) is 0 Å². The molecule has 1 N–H and O–H groups in total. The number of hydrogen-bond acceptors (Lipinski definition) is 6. The smallest absolute Gasteiger partial charge is 0.406 e. The summed E-state index contributed by atoms with van der Waals surface area (Å²) in [7, 11) is 0. The van der Waals surface area contributed by atoms with Gasteiger partial charge in [0.1, 0.15) is 11.6 Å². The number of hydrogen-bond donors (Lipinski definition) is 1. The molecule has 0 unspecified atom stereocenters. The first-order valence-electron chi connectivity index (χ1n) is 7.25. The minimum Gasteiger partial charge on any atom is -0.406 e. The van der Waals surface area contributed by atoms with Gasteiger partial charge in [-0.15, -0.1) is 13.2 Å². The maximum absolute atomic E-state index is 13.3. The largest absolute Gasteiger partial charge is 0.573 e. The molecule has 0 amide bonds. The fourth-order valence-corrected chi connectivity index (χ4v) is 2.94. The second-order valence-electron chi connectivity index (χ2n) is 4.97. The Morgan fingerprint density at radius 2 is 1.74 bits per heavy atom. The summed E-state index contributed by atoms with van der Waals surface area (Å²) in [6, 6.07) is 10.8. The molecule has 5 nitrogen and oxygen atoms in total. The molecule has 0 aliphatic heterocycles. The molecule has 3 aromatic rings. The van der Waals surface area contributed by atoms with Crippen molar-refractivity contribution in [1.82, 2.24) is 15.0 Å². The van der Waals surface area contributed by atoms with E-state index >= 15 is 0 Å².